The Kier molecular flexibility index (Phi) is 11.8. The number of fused-ring (bicyclic) bond motifs is 10. The third kappa shape index (κ3) is 8.59. The minimum atomic E-state index is -0.00847. The molecular formula is C76H71N3O. The van der Waals surface area contributed by atoms with Gasteiger partial charge in [0, 0.05) is 55.4 Å². The summed E-state index contributed by atoms with van der Waals surface area (Å²) in [6.45, 7) is 27.3. The molecule has 0 unspecified atom stereocenters. The van der Waals surface area contributed by atoms with E-state index in [0.29, 0.717) is 0 Å². The fraction of sp³-hybridized carbons (Fsp3) is 0.211. The van der Waals surface area contributed by atoms with E-state index in [-0.39, 0.29) is 21.7 Å². The normalized spacial score (nSPS) is 12.8. The molecular weight excluding hydrogens is 971 g/mol. The maximum Gasteiger partial charge on any atom is 0.213 e. The molecule has 396 valence electrons. The molecule has 0 N–H and O–H groups in total. The molecule has 0 aliphatic heterocycles. The van der Waals surface area contributed by atoms with Gasteiger partial charge in [-0.05, 0) is 138 Å². The van der Waals surface area contributed by atoms with E-state index in [9.17, 15) is 0 Å². The van der Waals surface area contributed by atoms with Crippen molar-refractivity contribution in [2.75, 3.05) is 9.80 Å². The zero-order valence-electron chi connectivity index (χ0n) is 48.5. The van der Waals surface area contributed by atoms with Gasteiger partial charge >= 0.3 is 0 Å². The van der Waals surface area contributed by atoms with Crippen molar-refractivity contribution in [2.45, 2.75) is 105 Å². The van der Waals surface area contributed by atoms with Gasteiger partial charge in [0.2, 0.25) is 5.71 Å². The van der Waals surface area contributed by atoms with Crippen LogP contribution in [0.2, 0.25) is 0 Å². The number of rotatable bonds is 8. The van der Waals surface area contributed by atoms with E-state index in [1.54, 1.807) is 0 Å². The molecule has 3 heterocycles. The summed E-state index contributed by atoms with van der Waals surface area (Å²) in [5.41, 5.74) is 20.7. The molecule has 3 aromatic heterocycles. The van der Waals surface area contributed by atoms with Crippen molar-refractivity contribution in [3.63, 3.8) is 0 Å². The van der Waals surface area contributed by atoms with Gasteiger partial charge in [0.25, 0.3) is 0 Å². The summed E-state index contributed by atoms with van der Waals surface area (Å²) >= 11 is 0. The lowest BCUT2D eigenvalue weighted by atomic mass is 9.86. The van der Waals surface area contributed by atoms with Gasteiger partial charge in [-0.25, -0.2) is 0 Å². The fourth-order valence-corrected chi connectivity index (χ4v) is 12.2. The molecule has 0 radical (unpaired) electrons. The van der Waals surface area contributed by atoms with Crippen LogP contribution in [0, 0.1) is 0 Å². The van der Waals surface area contributed by atoms with Crippen molar-refractivity contribution in [1.82, 2.24) is 4.40 Å². The number of hydrogen-bond acceptors (Lipinski definition) is 3. The minimum Gasteiger partial charge on any atom is -0.439 e. The number of para-hydroxylation sites is 1. The molecule has 0 bridgehead atoms. The van der Waals surface area contributed by atoms with Crippen LogP contribution in [-0.4, -0.2) is 4.40 Å². The quantitative estimate of drug-likeness (QED) is 0.152. The Bertz CT molecular complexity index is 4430. The summed E-state index contributed by atoms with van der Waals surface area (Å²) in [5.74, 6) is 0. The largest absolute Gasteiger partial charge is 0.439 e. The van der Waals surface area contributed by atoms with Crippen molar-refractivity contribution >= 4 is 94.2 Å². The molecule has 0 saturated heterocycles. The Morgan fingerprint density at radius 2 is 0.675 bits per heavy atom. The SMILES string of the molecule is CC(C)(C)c1ccc(-c2ccc(N(c3ccc(C(C)(C)C)cc3)c3ccc4c5c6ccccc6c(N(c6ccc(-c7ccc(C(C)(C)C)cc7)cc6)c6ccc(C(C)(C)C)cc6)c6c7c8ccccc8oc7n(c4c3)c65)cc2)cc1. The van der Waals surface area contributed by atoms with Crippen LogP contribution in [0.25, 0.3) is 82.3 Å². The number of furan rings is 1. The molecule has 13 rings (SSSR count). The zero-order chi connectivity index (χ0) is 55.6. The highest BCUT2D eigenvalue weighted by Crippen LogP contribution is 2.54. The second-order valence-corrected chi connectivity index (χ2v) is 26.3. The first-order chi connectivity index (χ1) is 38.2. The van der Waals surface area contributed by atoms with Crippen LogP contribution in [0.4, 0.5) is 34.1 Å². The predicted molar refractivity (Wildman–Crippen MR) is 343 cm³/mol. The Balaban J connectivity index is 1.06. The lowest BCUT2D eigenvalue weighted by molar-refractivity contribution is 0.590. The van der Waals surface area contributed by atoms with Gasteiger partial charge in [0.05, 0.1) is 22.1 Å². The molecule has 80 heavy (non-hydrogen) atoms. The molecule has 10 aromatic carbocycles. The van der Waals surface area contributed by atoms with Crippen LogP contribution >= 0.6 is 0 Å². The van der Waals surface area contributed by atoms with Crippen LogP contribution in [0.15, 0.2) is 217 Å². The monoisotopic (exact) mass is 1040 g/mol. The summed E-state index contributed by atoms with van der Waals surface area (Å²) in [5, 5.41) is 8.14. The van der Waals surface area contributed by atoms with E-state index in [4.69, 9.17) is 4.42 Å². The first kappa shape index (κ1) is 50.9. The molecule has 0 fully saturated rings. The summed E-state index contributed by atoms with van der Waals surface area (Å²) in [7, 11) is 0. The summed E-state index contributed by atoms with van der Waals surface area (Å²) in [6.07, 6.45) is 0. The van der Waals surface area contributed by atoms with Crippen LogP contribution in [-0.2, 0) is 21.7 Å². The average Bonchev–Trinajstić information content (AvgIpc) is 1.95. The van der Waals surface area contributed by atoms with Crippen molar-refractivity contribution in [3.8, 4) is 22.3 Å². The van der Waals surface area contributed by atoms with Crippen molar-refractivity contribution in [3.05, 3.63) is 235 Å². The van der Waals surface area contributed by atoms with Crippen LogP contribution in [0.1, 0.15) is 105 Å². The third-order valence-corrected chi connectivity index (χ3v) is 16.8. The molecule has 0 atom stereocenters. The highest BCUT2D eigenvalue weighted by atomic mass is 16.3. The van der Waals surface area contributed by atoms with E-state index in [1.165, 1.54) is 71.4 Å². The highest BCUT2D eigenvalue weighted by Gasteiger charge is 2.31. The average molecular weight is 1040 g/mol. The molecule has 13 aromatic rings. The van der Waals surface area contributed by atoms with Gasteiger partial charge in [-0.1, -0.05) is 229 Å². The number of anilines is 6. The summed E-state index contributed by atoms with van der Waals surface area (Å²) in [6, 6.07) is 79.5. The predicted octanol–water partition coefficient (Wildman–Crippen LogP) is 22.2. The maximum atomic E-state index is 7.20. The lowest BCUT2D eigenvalue weighted by Gasteiger charge is -2.29. The van der Waals surface area contributed by atoms with Crippen molar-refractivity contribution < 1.29 is 4.42 Å². The van der Waals surface area contributed by atoms with Gasteiger partial charge in [-0.3, -0.25) is 4.40 Å². The molecule has 4 nitrogen and oxygen atoms in total. The third-order valence-electron chi connectivity index (χ3n) is 16.8. The van der Waals surface area contributed by atoms with Crippen LogP contribution < -0.4 is 9.80 Å². The van der Waals surface area contributed by atoms with Gasteiger partial charge in [0.1, 0.15) is 5.58 Å². The van der Waals surface area contributed by atoms with E-state index in [0.717, 1.165) is 67.2 Å². The van der Waals surface area contributed by atoms with Gasteiger partial charge in [-0.15, -0.1) is 0 Å². The number of nitrogens with zero attached hydrogens (tertiary/aromatic N) is 3. The summed E-state index contributed by atoms with van der Waals surface area (Å²) < 4.78 is 9.63. The van der Waals surface area contributed by atoms with Gasteiger partial charge in [0.15, 0.2) is 0 Å². The molecule has 0 saturated carbocycles. The second-order valence-electron chi connectivity index (χ2n) is 26.3. The first-order valence-electron chi connectivity index (χ1n) is 28.5. The number of hydrogen-bond donors (Lipinski definition) is 0. The molecule has 0 spiro atoms. The van der Waals surface area contributed by atoms with Crippen LogP contribution in [0.5, 0.6) is 0 Å². The smallest absolute Gasteiger partial charge is 0.213 e. The van der Waals surface area contributed by atoms with E-state index in [2.05, 4.69) is 310 Å². The van der Waals surface area contributed by atoms with E-state index < -0.39 is 0 Å². The molecule has 0 amide bonds. The maximum absolute atomic E-state index is 7.20. The minimum absolute atomic E-state index is 0.00847. The molecule has 0 aliphatic carbocycles. The fourth-order valence-electron chi connectivity index (χ4n) is 12.2. The standard InChI is InChI=1S/C76H71N3O/c1-73(2,3)52-29-21-48(22-30-52)50-25-37-56(38-26-50)77(57-41-33-54(34-42-57)75(7,8)9)60-45-46-63-65(47-60)79-71-67(63)61-17-13-14-18-62(61)70(69(71)68-64-19-15-16-20-66(64)80-72(68)79)78(59-43-35-55(36-44-59)76(10,11)12)58-39-27-51(28-40-58)49-23-31-53(32-24-49)74(4,5)6/h13-47H,1-12H3. The van der Waals surface area contributed by atoms with E-state index >= 15 is 0 Å². The first-order valence-corrected chi connectivity index (χ1v) is 28.5. The van der Waals surface area contributed by atoms with Crippen molar-refractivity contribution in [2.24, 2.45) is 0 Å². The van der Waals surface area contributed by atoms with Crippen molar-refractivity contribution in [1.29, 1.82) is 0 Å². The van der Waals surface area contributed by atoms with E-state index in [1.807, 2.05) is 0 Å². The molecule has 0 aliphatic rings. The Hall–Kier alpha value is -8.60. The Morgan fingerprint density at radius 3 is 1.12 bits per heavy atom. The van der Waals surface area contributed by atoms with Gasteiger partial charge < -0.3 is 14.2 Å². The lowest BCUT2D eigenvalue weighted by Crippen LogP contribution is -2.13. The number of aromatic nitrogens is 1. The Labute approximate surface area is 471 Å². The molecule has 4 heteroatoms. The summed E-state index contributed by atoms with van der Waals surface area (Å²) in [4.78, 5) is 4.92. The topological polar surface area (TPSA) is 24.0 Å². The van der Waals surface area contributed by atoms with Gasteiger partial charge in [-0.2, -0.15) is 0 Å². The Morgan fingerprint density at radius 1 is 0.312 bits per heavy atom. The zero-order valence-corrected chi connectivity index (χ0v) is 48.5. The second kappa shape index (κ2) is 18.5. The van der Waals surface area contributed by atoms with Crippen LogP contribution in [0.3, 0.4) is 0 Å². The number of benzene rings is 10. The highest BCUT2D eigenvalue weighted by molar-refractivity contribution is 6.39.